The molecule has 2 rings (SSSR count). The molecule has 0 N–H and O–H groups in total. The van der Waals surface area contributed by atoms with Crippen molar-refractivity contribution in [1.29, 1.82) is 0 Å². The van der Waals surface area contributed by atoms with Gasteiger partial charge in [-0.3, -0.25) is 0 Å². The van der Waals surface area contributed by atoms with Gasteiger partial charge >= 0.3 is 0 Å². The summed E-state index contributed by atoms with van der Waals surface area (Å²) >= 11 is 5.74. The molecule has 0 bridgehead atoms. The summed E-state index contributed by atoms with van der Waals surface area (Å²) in [5.74, 6) is 0.595. The highest BCUT2D eigenvalue weighted by Gasteiger charge is 2.22. The zero-order valence-electron chi connectivity index (χ0n) is 9.79. The van der Waals surface area contributed by atoms with E-state index in [9.17, 15) is 4.39 Å². The van der Waals surface area contributed by atoms with Crippen LogP contribution in [0.3, 0.4) is 0 Å². The van der Waals surface area contributed by atoms with E-state index in [1.54, 1.807) is 6.07 Å². The fourth-order valence-electron chi connectivity index (χ4n) is 1.98. The topological polar surface area (TPSA) is 18.5 Å². The van der Waals surface area contributed by atoms with Crippen LogP contribution in [0.4, 0.5) is 4.39 Å². The molecule has 2 atom stereocenters. The second-order valence-corrected chi connectivity index (χ2v) is 4.61. The molecule has 1 fully saturated rings. The lowest BCUT2D eigenvalue weighted by atomic mass is 10.2. The highest BCUT2D eigenvalue weighted by atomic mass is 35.5. The maximum Gasteiger partial charge on any atom is 0.124 e. The minimum absolute atomic E-state index is 0.137. The predicted octanol–water partition coefficient (Wildman–Crippen LogP) is 3.51. The van der Waals surface area contributed by atoms with Crippen LogP contribution in [0.5, 0.6) is 5.75 Å². The third kappa shape index (κ3) is 3.33. The van der Waals surface area contributed by atoms with Gasteiger partial charge < -0.3 is 9.47 Å². The molecule has 1 saturated heterocycles. The van der Waals surface area contributed by atoms with Gasteiger partial charge in [0.25, 0.3) is 0 Å². The van der Waals surface area contributed by atoms with Crippen LogP contribution in [0, 0.1) is 5.82 Å². The van der Waals surface area contributed by atoms with Gasteiger partial charge in [-0.25, -0.2) is 4.39 Å². The van der Waals surface area contributed by atoms with E-state index in [1.807, 2.05) is 0 Å². The Morgan fingerprint density at radius 3 is 2.94 bits per heavy atom. The van der Waals surface area contributed by atoms with E-state index in [1.165, 1.54) is 12.1 Å². The van der Waals surface area contributed by atoms with Gasteiger partial charge in [-0.2, -0.15) is 0 Å². The Kier molecular flexibility index (Phi) is 4.24. The van der Waals surface area contributed by atoms with E-state index in [4.69, 9.17) is 21.1 Å². The first-order valence-electron chi connectivity index (χ1n) is 5.81. The molecule has 17 heavy (non-hydrogen) atoms. The Morgan fingerprint density at radius 2 is 2.29 bits per heavy atom. The first-order chi connectivity index (χ1) is 8.19. The maximum absolute atomic E-state index is 13.0. The van der Waals surface area contributed by atoms with Crippen molar-refractivity contribution in [2.24, 2.45) is 0 Å². The Balaban J connectivity index is 1.94. The van der Waals surface area contributed by atoms with E-state index in [0.29, 0.717) is 24.0 Å². The summed E-state index contributed by atoms with van der Waals surface area (Å²) in [6.45, 7) is 2.56. The van der Waals surface area contributed by atoms with Gasteiger partial charge in [-0.05, 0) is 38.0 Å². The molecular formula is C13H16ClFO2. The number of alkyl halides is 1. The number of halogens is 2. The monoisotopic (exact) mass is 258 g/mol. The van der Waals surface area contributed by atoms with Crippen molar-refractivity contribution in [3.63, 3.8) is 0 Å². The maximum atomic E-state index is 13.0. The van der Waals surface area contributed by atoms with E-state index in [-0.39, 0.29) is 17.8 Å². The standard InChI is InChI=1S/C13H16ClFO2/c1-9-2-4-12(17-9)8-16-13-5-3-11(15)6-10(13)7-14/h3,5-6,9,12H,2,4,7-8H2,1H3. The number of hydrogen-bond acceptors (Lipinski definition) is 2. The van der Waals surface area contributed by atoms with Crippen molar-refractivity contribution in [2.75, 3.05) is 6.61 Å². The lowest BCUT2D eigenvalue weighted by molar-refractivity contribution is 0.0263. The minimum Gasteiger partial charge on any atom is -0.491 e. The van der Waals surface area contributed by atoms with Crippen LogP contribution in [-0.2, 0) is 10.6 Å². The Bertz CT molecular complexity index is 384. The van der Waals surface area contributed by atoms with Crippen LogP contribution in [0.15, 0.2) is 18.2 Å². The molecule has 1 aromatic carbocycles. The lowest BCUT2D eigenvalue weighted by Crippen LogP contribution is -2.18. The molecule has 0 amide bonds. The van der Waals surface area contributed by atoms with Crippen LogP contribution in [-0.4, -0.2) is 18.8 Å². The van der Waals surface area contributed by atoms with E-state index < -0.39 is 0 Å². The van der Waals surface area contributed by atoms with E-state index >= 15 is 0 Å². The van der Waals surface area contributed by atoms with Gasteiger partial charge in [0.2, 0.25) is 0 Å². The zero-order valence-corrected chi connectivity index (χ0v) is 10.5. The normalized spacial score (nSPS) is 23.9. The summed E-state index contributed by atoms with van der Waals surface area (Å²) in [7, 11) is 0. The van der Waals surface area contributed by atoms with Gasteiger partial charge in [0.1, 0.15) is 18.2 Å². The van der Waals surface area contributed by atoms with E-state index in [2.05, 4.69) is 6.92 Å². The Labute approximate surface area is 106 Å². The van der Waals surface area contributed by atoms with Crippen LogP contribution in [0.25, 0.3) is 0 Å². The third-order valence-electron chi connectivity index (χ3n) is 2.91. The largest absolute Gasteiger partial charge is 0.491 e. The summed E-state index contributed by atoms with van der Waals surface area (Å²) < 4.78 is 24.3. The van der Waals surface area contributed by atoms with Crippen molar-refractivity contribution in [1.82, 2.24) is 0 Å². The molecule has 94 valence electrons. The zero-order chi connectivity index (χ0) is 12.3. The Morgan fingerprint density at radius 1 is 1.47 bits per heavy atom. The van der Waals surface area contributed by atoms with Crippen molar-refractivity contribution in [3.8, 4) is 5.75 Å². The summed E-state index contributed by atoms with van der Waals surface area (Å²) in [5.41, 5.74) is 0.678. The average molecular weight is 259 g/mol. The summed E-state index contributed by atoms with van der Waals surface area (Å²) in [6, 6.07) is 4.40. The summed E-state index contributed by atoms with van der Waals surface area (Å²) in [6.07, 6.45) is 2.53. The number of ether oxygens (including phenoxy) is 2. The van der Waals surface area contributed by atoms with Gasteiger partial charge in [0.15, 0.2) is 0 Å². The number of benzene rings is 1. The second-order valence-electron chi connectivity index (χ2n) is 4.34. The summed E-state index contributed by atoms with van der Waals surface area (Å²) in [5, 5.41) is 0. The molecule has 0 saturated carbocycles. The Hall–Kier alpha value is -0.800. The predicted molar refractivity (Wildman–Crippen MR) is 65.0 cm³/mol. The van der Waals surface area contributed by atoms with Crippen molar-refractivity contribution in [2.45, 2.75) is 37.9 Å². The van der Waals surface area contributed by atoms with Crippen molar-refractivity contribution < 1.29 is 13.9 Å². The molecule has 0 spiro atoms. The molecule has 0 radical (unpaired) electrons. The van der Waals surface area contributed by atoms with Crippen LogP contribution in [0.2, 0.25) is 0 Å². The molecular weight excluding hydrogens is 243 g/mol. The molecule has 1 aromatic rings. The smallest absolute Gasteiger partial charge is 0.124 e. The first kappa shape index (κ1) is 12.7. The molecule has 1 heterocycles. The fraction of sp³-hybridized carbons (Fsp3) is 0.538. The van der Waals surface area contributed by atoms with Crippen molar-refractivity contribution >= 4 is 11.6 Å². The molecule has 1 aliphatic rings. The molecule has 0 aliphatic carbocycles. The van der Waals surface area contributed by atoms with Gasteiger partial charge in [0, 0.05) is 5.56 Å². The molecule has 0 aromatic heterocycles. The van der Waals surface area contributed by atoms with Gasteiger partial charge in [-0.1, -0.05) is 0 Å². The minimum atomic E-state index is -0.293. The first-order valence-corrected chi connectivity index (χ1v) is 6.35. The quantitative estimate of drug-likeness (QED) is 0.770. The molecule has 2 unspecified atom stereocenters. The van der Waals surface area contributed by atoms with Crippen LogP contribution in [0.1, 0.15) is 25.3 Å². The SMILES string of the molecule is CC1CCC(COc2ccc(F)cc2CCl)O1. The third-order valence-corrected chi connectivity index (χ3v) is 3.20. The van der Waals surface area contributed by atoms with Crippen LogP contribution >= 0.6 is 11.6 Å². The van der Waals surface area contributed by atoms with Gasteiger partial charge in [-0.15, -0.1) is 11.6 Å². The summed E-state index contributed by atoms with van der Waals surface area (Å²) in [4.78, 5) is 0. The van der Waals surface area contributed by atoms with Crippen molar-refractivity contribution in [3.05, 3.63) is 29.6 Å². The second kappa shape index (κ2) is 5.69. The van der Waals surface area contributed by atoms with Crippen LogP contribution < -0.4 is 4.74 Å². The molecule has 4 heteroatoms. The highest BCUT2D eigenvalue weighted by Crippen LogP contribution is 2.24. The highest BCUT2D eigenvalue weighted by molar-refractivity contribution is 6.17. The number of hydrogen-bond donors (Lipinski definition) is 0. The fourth-order valence-corrected chi connectivity index (χ4v) is 2.19. The molecule has 2 nitrogen and oxygen atoms in total. The number of rotatable bonds is 4. The lowest BCUT2D eigenvalue weighted by Gasteiger charge is -2.14. The van der Waals surface area contributed by atoms with E-state index in [0.717, 1.165) is 12.8 Å². The van der Waals surface area contributed by atoms with Gasteiger partial charge in [0.05, 0.1) is 18.1 Å². The average Bonchev–Trinajstić information content (AvgIpc) is 2.73. The molecule has 1 aliphatic heterocycles.